The van der Waals surface area contributed by atoms with Gasteiger partial charge in [-0.25, -0.2) is 0 Å². The van der Waals surface area contributed by atoms with E-state index in [-0.39, 0.29) is 17.7 Å². The first-order valence-electron chi connectivity index (χ1n) is 7.25. The normalized spacial score (nSPS) is 20.0. The second-order valence-electron chi connectivity index (χ2n) is 5.68. The number of hydrogen-bond acceptors (Lipinski definition) is 2. The molecule has 2 atom stereocenters. The van der Waals surface area contributed by atoms with Crippen LogP contribution < -0.4 is 5.32 Å². The van der Waals surface area contributed by atoms with Crippen LogP contribution in [0.15, 0.2) is 30.6 Å². The van der Waals surface area contributed by atoms with E-state index in [0.717, 1.165) is 24.0 Å². The van der Waals surface area contributed by atoms with Crippen LogP contribution in [0.3, 0.4) is 0 Å². The molecule has 6 heteroatoms. The number of carbonyl (C=O) groups is 1. The van der Waals surface area contributed by atoms with Crippen molar-refractivity contribution >= 4 is 29.1 Å². The highest BCUT2D eigenvalue weighted by Crippen LogP contribution is 2.49. The molecule has 2 aromatic rings. The van der Waals surface area contributed by atoms with E-state index in [0.29, 0.717) is 16.6 Å². The van der Waals surface area contributed by atoms with Crippen molar-refractivity contribution in [2.24, 2.45) is 13.0 Å². The number of halogens is 2. The van der Waals surface area contributed by atoms with Crippen LogP contribution >= 0.6 is 23.2 Å². The monoisotopic (exact) mass is 337 g/mol. The number of rotatable bonds is 5. The van der Waals surface area contributed by atoms with Crippen LogP contribution in [0.1, 0.15) is 23.5 Å². The summed E-state index contributed by atoms with van der Waals surface area (Å²) >= 11 is 12.1. The van der Waals surface area contributed by atoms with Gasteiger partial charge < -0.3 is 5.32 Å². The van der Waals surface area contributed by atoms with E-state index in [9.17, 15) is 4.79 Å². The van der Waals surface area contributed by atoms with Gasteiger partial charge in [0.2, 0.25) is 5.91 Å². The van der Waals surface area contributed by atoms with Gasteiger partial charge in [0.1, 0.15) is 0 Å². The summed E-state index contributed by atoms with van der Waals surface area (Å²) < 4.78 is 1.76. The Bertz CT molecular complexity index is 698. The van der Waals surface area contributed by atoms with Crippen LogP contribution in [0.4, 0.5) is 0 Å². The first-order chi connectivity index (χ1) is 10.5. The van der Waals surface area contributed by atoms with E-state index in [1.54, 1.807) is 10.7 Å². The first-order valence-corrected chi connectivity index (χ1v) is 8.00. The Morgan fingerprint density at radius 3 is 2.95 bits per heavy atom. The zero-order valence-electron chi connectivity index (χ0n) is 12.2. The quantitative estimate of drug-likeness (QED) is 0.910. The second-order valence-corrected chi connectivity index (χ2v) is 6.52. The van der Waals surface area contributed by atoms with Crippen molar-refractivity contribution in [2.75, 3.05) is 6.54 Å². The minimum atomic E-state index is 0.0209. The minimum Gasteiger partial charge on any atom is -0.356 e. The van der Waals surface area contributed by atoms with Gasteiger partial charge in [-0.15, -0.1) is 0 Å². The Labute approximate surface area is 139 Å². The predicted octanol–water partition coefficient (Wildman–Crippen LogP) is 3.19. The number of amides is 1. The molecule has 1 aromatic carbocycles. The Morgan fingerprint density at radius 1 is 1.45 bits per heavy atom. The van der Waals surface area contributed by atoms with Gasteiger partial charge in [0, 0.05) is 35.8 Å². The third-order valence-corrected chi connectivity index (χ3v) is 4.52. The molecule has 0 unspecified atom stereocenters. The Balaban J connectivity index is 1.50. The van der Waals surface area contributed by atoms with Gasteiger partial charge >= 0.3 is 0 Å². The van der Waals surface area contributed by atoms with Crippen molar-refractivity contribution in [2.45, 2.75) is 18.8 Å². The van der Waals surface area contributed by atoms with Crippen molar-refractivity contribution in [1.82, 2.24) is 15.1 Å². The molecule has 1 amide bonds. The topological polar surface area (TPSA) is 46.9 Å². The Hall–Kier alpha value is -1.52. The number of aryl methyl sites for hydroxylation is 1. The van der Waals surface area contributed by atoms with Crippen molar-refractivity contribution in [1.29, 1.82) is 0 Å². The summed E-state index contributed by atoms with van der Waals surface area (Å²) in [4.78, 5) is 12.2. The molecule has 0 radical (unpaired) electrons. The van der Waals surface area contributed by atoms with Crippen LogP contribution in [-0.2, 0) is 18.3 Å². The van der Waals surface area contributed by atoms with Gasteiger partial charge in [-0.3, -0.25) is 9.48 Å². The molecular weight excluding hydrogens is 321 g/mol. The van der Waals surface area contributed by atoms with Crippen LogP contribution in [0.5, 0.6) is 0 Å². The minimum absolute atomic E-state index is 0.0209. The van der Waals surface area contributed by atoms with Crippen LogP contribution in [-0.4, -0.2) is 22.2 Å². The Kier molecular flexibility index (Phi) is 4.41. The third-order valence-electron chi connectivity index (χ3n) is 3.96. The molecule has 22 heavy (non-hydrogen) atoms. The van der Waals surface area contributed by atoms with E-state index < -0.39 is 0 Å². The van der Waals surface area contributed by atoms with Crippen molar-refractivity contribution < 1.29 is 4.79 Å². The van der Waals surface area contributed by atoms with Crippen molar-refractivity contribution in [3.8, 4) is 0 Å². The summed E-state index contributed by atoms with van der Waals surface area (Å²) in [5, 5.41) is 8.36. The molecule has 3 rings (SSSR count). The van der Waals surface area contributed by atoms with Gasteiger partial charge in [0.05, 0.1) is 6.20 Å². The van der Waals surface area contributed by atoms with E-state index in [4.69, 9.17) is 23.2 Å². The number of benzene rings is 1. The molecule has 1 saturated carbocycles. The number of nitrogens with zero attached hydrogens (tertiary/aromatic N) is 2. The maximum atomic E-state index is 12.2. The van der Waals surface area contributed by atoms with Gasteiger partial charge in [0.25, 0.3) is 0 Å². The molecular formula is C16H17Cl2N3O. The average Bonchev–Trinajstić information content (AvgIpc) is 3.15. The standard InChI is InChI=1S/C16H17Cl2N3O/c1-21-9-10(8-20-21)4-5-19-16(22)14-7-13(14)12-3-2-11(17)6-15(12)18/h2-3,6,8-9,13-14H,4-5,7H2,1H3,(H,19,22)/t13-,14-/m1/s1. The predicted molar refractivity (Wildman–Crippen MR) is 87.2 cm³/mol. The van der Waals surface area contributed by atoms with Crippen LogP contribution in [0, 0.1) is 5.92 Å². The zero-order chi connectivity index (χ0) is 15.7. The largest absolute Gasteiger partial charge is 0.356 e. The summed E-state index contributed by atoms with van der Waals surface area (Å²) in [6.07, 6.45) is 5.41. The molecule has 4 nitrogen and oxygen atoms in total. The zero-order valence-corrected chi connectivity index (χ0v) is 13.7. The molecule has 1 heterocycles. The molecule has 0 aliphatic heterocycles. The van der Waals surface area contributed by atoms with Gasteiger partial charge in [-0.05, 0) is 42.0 Å². The summed E-state index contributed by atoms with van der Waals surface area (Å²) in [7, 11) is 1.88. The highest BCUT2D eigenvalue weighted by Gasteiger charge is 2.44. The van der Waals surface area contributed by atoms with Crippen molar-refractivity contribution in [3.05, 3.63) is 51.8 Å². The molecule has 1 aliphatic carbocycles. The first kappa shape index (κ1) is 15.4. The van der Waals surface area contributed by atoms with Gasteiger partial charge in [0.15, 0.2) is 0 Å². The summed E-state index contributed by atoms with van der Waals surface area (Å²) in [6, 6.07) is 5.46. The Morgan fingerprint density at radius 2 is 2.27 bits per heavy atom. The molecule has 1 fully saturated rings. The fraction of sp³-hybridized carbons (Fsp3) is 0.375. The maximum Gasteiger partial charge on any atom is 0.223 e. The number of carbonyl (C=O) groups excluding carboxylic acids is 1. The summed E-state index contributed by atoms with van der Waals surface area (Å²) in [6.45, 7) is 0.627. The van der Waals surface area contributed by atoms with Crippen molar-refractivity contribution in [3.63, 3.8) is 0 Å². The molecule has 0 bridgehead atoms. The van der Waals surface area contributed by atoms with E-state index in [1.165, 1.54) is 0 Å². The van der Waals surface area contributed by atoms with Gasteiger partial charge in [-0.1, -0.05) is 29.3 Å². The number of aromatic nitrogens is 2. The maximum absolute atomic E-state index is 12.2. The van der Waals surface area contributed by atoms with Crippen LogP contribution in [0.2, 0.25) is 10.0 Å². The number of hydrogen-bond donors (Lipinski definition) is 1. The molecule has 1 aromatic heterocycles. The lowest BCUT2D eigenvalue weighted by Crippen LogP contribution is -2.27. The lowest BCUT2D eigenvalue weighted by molar-refractivity contribution is -0.122. The fourth-order valence-corrected chi connectivity index (χ4v) is 3.24. The third kappa shape index (κ3) is 3.45. The number of nitrogens with one attached hydrogen (secondary N) is 1. The summed E-state index contributed by atoms with van der Waals surface area (Å²) in [5.41, 5.74) is 2.13. The highest BCUT2D eigenvalue weighted by molar-refractivity contribution is 6.35. The lowest BCUT2D eigenvalue weighted by atomic mass is 10.1. The van der Waals surface area contributed by atoms with E-state index in [2.05, 4.69) is 10.4 Å². The molecule has 0 spiro atoms. The van der Waals surface area contributed by atoms with Gasteiger partial charge in [-0.2, -0.15) is 5.10 Å². The highest BCUT2D eigenvalue weighted by atomic mass is 35.5. The summed E-state index contributed by atoms with van der Waals surface area (Å²) in [5.74, 6) is 0.329. The lowest BCUT2D eigenvalue weighted by Gasteiger charge is -2.06. The van der Waals surface area contributed by atoms with E-state index >= 15 is 0 Å². The van der Waals surface area contributed by atoms with Crippen LogP contribution in [0.25, 0.3) is 0 Å². The molecule has 1 aliphatic rings. The average molecular weight is 338 g/mol. The molecule has 0 saturated heterocycles. The SMILES string of the molecule is Cn1cc(CCNC(=O)[C@@H]2C[C@@H]2c2ccc(Cl)cc2Cl)cn1. The smallest absolute Gasteiger partial charge is 0.223 e. The fourth-order valence-electron chi connectivity index (χ4n) is 2.69. The molecule has 1 N–H and O–H groups in total. The molecule has 116 valence electrons. The van der Waals surface area contributed by atoms with E-state index in [1.807, 2.05) is 31.6 Å². The second kappa shape index (κ2) is 6.31.